The van der Waals surface area contributed by atoms with Crippen LogP contribution >= 0.6 is 23.1 Å². The molecule has 0 aliphatic carbocycles. The van der Waals surface area contributed by atoms with Crippen molar-refractivity contribution < 1.29 is 9.13 Å². The van der Waals surface area contributed by atoms with E-state index in [-0.39, 0.29) is 11.4 Å². The Hall–Kier alpha value is -1.70. The zero-order valence-electron chi connectivity index (χ0n) is 14.7. The number of thioether (sulfide) groups is 1. The maximum atomic E-state index is 13.0. The van der Waals surface area contributed by atoms with Gasteiger partial charge in [0.1, 0.15) is 16.5 Å². The molecule has 3 heterocycles. The lowest BCUT2D eigenvalue weighted by atomic mass is 9.90. The standard InChI is InChI=1S/C19H20FN3OS2/c1-3-19(2)8-13-14(9-24-19)26-17-15(13)16(21)22-18(23-17)25-10-11-4-6-12(20)7-5-11/h4-7H,3,8-10H2,1-2H3,(H2,21,22,23)/t19-/m1/s1. The normalized spacial score (nSPS) is 19.7. The summed E-state index contributed by atoms with van der Waals surface area (Å²) in [4.78, 5) is 11.3. The average molecular weight is 390 g/mol. The van der Waals surface area contributed by atoms with E-state index in [1.165, 1.54) is 34.3 Å². The first kappa shape index (κ1) is 17.7. The molecule has 2 aromatic heterocycles. The molecule has 1 aliphatic rings. The second kappa shape index (κ2) is 6.79. The van der Waals surface area contributed by atoms with Crippen LogP contribution in [0.4, 0.5) is 10.2 Å². The van der Waals surface area contributed by atoms with E-state index in [9.17, 15) is 4.39 Å². The van der Waals surface area contributed by atoms with Gasteiger partial charge < -0.3 is 10.5 Å². The quantitative estimate of drug-likeness (QED) is 0.505. The second-order valence-electron chi connectivity index (χ2n) is 6.76. The lowest BCUT2D eigenvalue weighted by Crippen LogP contribution is -2.33. The predicted molar refractivity (Wildman–Crippen MR) is 105 cm³/mol. The largest absolute Gasteiger partial charge is 0.383 e. The topological polar surface area (TPSA) is 61.0 Å². The molecule has 0 fully saturated rings. The van der Waals surface area contributed by atoms with Crippen LogP contribution in [-0.2, 0) is 23.5 Å². The Morgan fingerprint density at radius 1 is 1.31 bits per heavy atom. The van der Waals surface area contributed by atoms with Crippen molar-refractivity contribution in [2.45, 2.75) is 49.8 Å². The van der Waals surface area contributed by atoms with Gasteiger partial charge in [-0.25, -0.2) is 14.4 Å². The van der Waals surface area contributed by atoms with Crippen molar-refractivity contribution in [2.75, 3.05) is 5.73 Å². The molecule has 0 amide bonds. The summed E-state index contributed by atoms with van der Waals surface area (Å²) in [5.74, 6) is 0.980. The Kier molecular flexibility index (Phi) is 4.62. The number of benzene rings is 1. The van der Waals surface area contributed by atoms with Crippen molar-refractivity contribution in [3.05, 3.63) is 46.1 Å². The Morgan fingerprint density at radius 2 is 2.08 bits per heavy atom. The smallest absolute Gasteiger partial charge is 0.191 e. The minimum atomic E-state index is -0.230. The third kappa shape index (κ3) is 3.31. The fraction of sp³-hybridized carbons (Fsp3) is 0.368. The van der Waals surface area contributed by atoms with Crippen LogP contribution < -0.4 is 5.73 Å². The van der Waals surface area contributed by atoms with Crippen molar-refractivity contribution in [1.82, 2.24) is 9.97 Å². The first-order valence-electron chi connectivity index (χ1n) is 8.56. The van der Waals surface area contributed by atoms with Gasteiger partial charge in [0, 0.05) is 17.1 Å². The first-order chi connectivity index (χ1) is 12.5. The lowest BCUT2D eigenvalue weighted by Gasteiger charge is -2.33. The van der Waals surface area contributed by atoms with Crippen molar-refractivity contribution in [2.24, 2.45) is 0 Å². The lowest BCUT2D eigenvalue weighted by molar-refractivity contribution is -0.0542. The van der Waals surface area contributed by atoms with Crippen molar-refractivity contribution in [3.8, 4) is 0 Å². The number of nitrogen functional groups attached to an aromatic ring is 1. The molecular weight excluding hydrogens is 369 g/mol. The van der Waals surface area contributed by atoms with Gasteiger partial charge in [0.05, 0.1) is 17.6 Å². The van der Waals surface area contributed by atoms with E-state index in [2.05, 4.69) is 18.8 Å². The molecule has 0 saturated heterocycles. The predicted octanol–water partition coefficient (Wildman–Crippen LogP) is 4.95. The zero-order chi connectivity index (χ0) is 18.3. The average Bonchev–Trinajstić information content (AvgIpc) is 2.99. The van der Waals surface area contributed by atoms with Gasteiger partial charge in [0.2, 0.25) is 0 Å². The molecule has 0 spiro atoms. The van der Waals surface area contributed by atoms with Crippen molar-refractivity contribution in [1.29, 1.82) is 0 Å². The van der Waals surface area contributed by atoms with Gasteiger partial charge in [0.15, 0.2) is 5.16 Å². The fourth-order valence-corrected chi connectivity index (χ4v) is 5.08. The summed E-state index contributed by atoms with van der Waals surface area (Å²) in [5, 5.41) is 1.64. The minimum absolute atomic E-state index is 0.149. The third-order valence-corrected chi connectivity index (χ3v) is 6.89. The molecule has 2 N–H and O–H groups in total. The van der Waals surface area contributed by atoms with Crippen LogP contribution in [0, 0.1) is 5.82 Å². The van der Waals surface area contributed by atoms with Gasteiger partial charge in [0.25, 0.3) is 0 Å². The summed E-state index contributed by atoms with van der Waals surface area (Å²) in [6, 6.07) is 6.48. The van der Waals surface area contributed by atoms with E-state index in [0.29, 0.717) is 23.3 Å². The maximum absolute atomic E-state index is 13.0. The van der Waals surface area contributed by atoms with E-state index in [1.807, 2.05) is 0 Å². The Bertz CT molecular complexity index is 958. The number of hydrogen-bond acceptors (Lipinski definition) is 6. The SMILES string of the molecule is CC[C@]1(C)Cc2c(sc3nc(SCc4ccc(F)cc4)nc(N)c23)CO1. The van der Waals surface area contributed by atoms with Crippen LogP contribution in [0.5, 0.6) is 0 Å². The van der Waals surface area contributed by atoms with E-state index < -0.39 is 0 Å². The van der Waals surface area contributed by atoms with Crippen LogP contribution in [0.1, 0.15) is 36.3 Å². The molecule has 0 saturated carbocycles. The van der Waals surface area contributed by atoms with Gasteiger partial charge in [-0.05, 0) is 36.6 Å². The van der Waals surface area contributed by atoms with Gasteiger partial charge in [-0.3, -0.25) is 0 Å². The number of ether oxygens (including phenoxy) is 1. The molecule has 7 heteroatoms. The van der Waals surface area contributed by atoms with Crippen LogP contribution in [0.3, 0.4) is 0 Å². The number of rotatable bonds is 4. The number of aromatic nitrogens is 2. The van der Waals surface area contributed by atoms with Gasteiger partial charge in [-0.2, -0.15) is 0 Å². The molecule has 1 atom stereocenters. The highest BCUT2D eigenvalue weighted by Crippen LogP contribution is 2.41. The summed E-state index contributed by atoms with van der Waals surface area (Å²) in [6.07, 6.45) is 1.80. The molecule has 0 unspecified atom stereocenters. The molecule has 1 aromatic carbocycles. The number of fused-ring (bicyclic) bond motifs is 3. The van der Waals surface area contributed by atoms with Crippen LogP contribution in [-0.4, -0.2) is 15.6 Å². The molecule has 4 rings (SSSR count). The fourth-order valence-electron chi connectivity index (χ4n) is 3.10. The summed E-state index contributed by atoms with van der Waals surface area (Å²) < 4.78 is 19.1. The monoisotopic (exact) mass is 389 g/mol. The summed E-state index contributed by atoms with van der Waals surface area (Å²) in [7, 11) is 0. The number of hydrogen-bond donors (Lipinski definition) is 1. The summed E-state index contributed by atoms with van der Waals surface area (Å²) >= 11 is 3.15. The highest BCUT2D eigenvalue weighted by molar-refractivity contribution is 7.98. The number of nitrogens with two attached hydrogens (primary N) is 1. The molecular formula is C19H20FN3OS2. The molecule has 4 nitrogen and oxygen atoms in total. The van der Waals surface area contributed by atoms with Gasteiger partial charge >= 0.3 is 0 Å². The van der Waals surface area contributed by atoms with Gasteiger partial charge in [-0.15, -0.1) is 11.3 Å². The molecule has 0 radical (unpaired) electrons. The van der Waals surface area contributed by atoms with Crippen LogP contribution in [0.15, 0.2) is 29.4 Å². The highest BCUT2D eigenvalue weighted by Gasteiger charge is 2.32. The van der Waals surface area contributed by atoms with Crippen molar-refractivity contribution >= 4 is 39.1 Å². The molecule has 3 aromatic rings. The highest BCUT2D eigenvalue weighted by atomic mass is 32.2. The van der Waals surface area contributed by atoms with E-state index >= 15 is 0 Å². The zero-order valence-corrected chi connectivity index (χ0v) is 16.3. The van der Waals surface area contributed by atoms with E-state index in [1.54, 1.807) is 23.5 Å². The van der Waals surface area contributed by atoms with Crippen LogP contribution in [0.25, 0.3) is 10.2 Å². The van der Waals surface area contributed by atoms with E-state index in [4.69, 9.17) is 15.5 Å². The Morgan fingerprint density at radius 3 is 2.81 bits per heavy atom. The number of halogens is 1. The molecule has 1 aliphatic heterocycles. The molecule has 136 valence electrons. The Labute approximate surface area is 160 Å². The van der Waals surface area contributed by atoms with Gasteiger partial charge in [-0.1, -0.05) is 30.8 Å². The summed E-state index contributed by atoms with van der Waals surface area (Å²) in [6.45, 7) is 4.89. The van der Waals surface area contributed by atoms with Crippen molar-refractivity contribution in [3.63, 3.8) is 0 Å². The van der Waals surface area contributed by atoms with Crippen LogP contribution in [0.2, 0.25) is 0 Å². The number of thiophene rings is 1. The molecule has 26 heavy (non-hydrogen) atoms. The second-order valence-corrected chi connectivity index (χ2v) is 8.79. The van der Waals surface area contributed by atoms with E-state index in [0.717, 1.165) is 28.6 Å². The Balaban J connectivity index is 1.62. The third-order valence-electron chi connectivity index (χ3n) is 4.87. The first-order valence-corrected chi connectivity index (χ1v) is 10.4. The molecule has 0 bridgehead atoms. The minimum Gasteiger partial charge on any atom is -0.383 e. The number of anilines is 1. The summed E-state index contributed by atoms with van der Waals surface area (Å²) in [5.41, 5.74) is 8.41. The maximum Gasteiger partial charge on any atom is 0.191 e. The number of nitrogens with zero attached hydrogens (tertiary/aromatic N) is 2.